The van der Waals surface area contributed by atoms with Gasteiger partial charge in [0.1, 0.15) is 22.6 Å². The molecule has 9 heteroatoms. The summed E-state index contributed by atoms with van der Waals surface area (Å²) in [5.74, 6) is 0.795. The molecule has 1 aliphatic carbocycles. The Balaban J connectivity index is 1.21. The maximum absolute atomic E-state index is 13.5. The van der Waals surface area contributed by atoms with Gasteiger partial charge in [-0.2, -0.15) is 4.98 Å². The van der Waals surface area contributed by atoms with E-state index in [1.54, 1.807) is 19.3 Å². The van der Waals surface area contributed by atoms with Gasteiger partial charge in [0.25, 0.3) is 17.7 Å². The smallest absolute Gasteiger partial charge is 0.255 e. The summed E-state index contributed by atoms with van der Waals surface area (Å²) in [6.07, 6.45) is 3.07. The number of fused-ring (bicyclic) bond motifs is 1. The number of carbonyl (C=O) groups is 2. The Labute approximate surface area is 247 Å². The minimum Gasteiger partial charge on any atom is -0.455 e. The average molecular weight is 570 g/mol. The summed E-state index contributed by atoms with van der Waals surface area (Å²) >= 11 is 0. The van der Waals surface area contributed by atoms with Gasteiger partial charge in [0.05, 0.1) is 5.56 Å². The highest BCUT2D eigenvalue weighted by Crippen LogP contribution is 2.45. The molecule has 0 bridgehead atoms. The monoisotopic (exact) mass is 569 g/mol. The molecule has 0 saturated heterocycles. The van der Waals surface area contributed by atoms with E-state index in [4.69, 9.17) is 8.94 Å². The molecule has 3 heterocycles. The lowest BCUT2D eigenvalue weighted by molar-refractivity contribution is 0.0919. The van der Waals surface area contributed by atoms with Gasteiger partial charge in [-0.05, 0) is 72.9 Å². The van der Waals surface area contributed by atoms with Crippen LogP contribution in [0.15, 0.2) is 100 Å². The Hall–Kier alpha value is -5.57. The van der Waals surface area contributed by atoms with Crippen LogP contribution < -0.4 is 10.6 Å². The third-order valence-corrected chi connectivity index (χ3v) is 7.82. The molecule has 43 heavy (non-hydrogen) atoms. The number of nitrogens with one attached hydrogen (secondary N) is 2. The van der Waals surface area contributed by atoms with Gasteiger partial charge in [-0.25, -0.2) is 0 Å². The molecule has 6 aromatic rings. The molecule has 2 N–H and O–H groups in total. The Morgan fingerprint density at radius 3 is 2.44 bits per heavy atom. The third-order valence-electron chi connectivity index (χ3n) is 7.82. The molecule has 2 amide bonds. The fourth-order valence-corrected chi connectivity index (χ4v) is 5.31. The molecule has 0 radical (unpaired) electrons. The van der Waals surface area contributed by atoms with Crippen molar-refractivity contribution in [2.75, 3.05) is 7.05 Å². The van der Waals surface area contributed by atoms with Gasteiger partial charge in [-0.15, -0.1) is 0 Å². The predicted molar refractivity (Wildman–Crippen MR) is 161 cm³/mol. The molecular weight excluding hydrogens is 542 g/mol. The van der Waals surface area contributed by atoms with Crippen LogP contribution >= 0.6 is 0 Å². The van der Waals surface area contributed by atoms with Crippen molar-refractivity contribution in [3.05, 3.63) is 114 Å². The quantitative estimate of drug-likeness (QED) is 0.231. The number of hydrogen-bond acceptors (Lipinski definition) is 7. The third kappa shape index (κ3) is 4.74. The Kier molecular flexibility index (Phi) is 6.35. The van der Waals surface area contributed by atoms with Gasteiger partial charge in [0.15, 0.2) is 0 Å². The highest BCUT2D eigenvalue weighted by molar-refractivity contribution is 6.12. The first-order valence-electron chi connectivity index (χ1n) is 14.0. The van der Waals surface area contributed by atoms with Crippen molar-refractivity contribution in [3.63, 3.8) is 0 Å². The molecular formula is C34H27N5O4. The van der Waals surface area contributed by atoms with Crippen LogP contribution in [0.4, 0.5) is 0 Å². The first kappa shape index (κ1) is 26.3. The van der Waals surface area contributed by atoms with Crippen LogP contribution in [0.1, 0.15) is 45.0 Å². The van der Waals surface area contributed by atoms with Crippen LogP contribution in [-0.2, 0) is 5.54 Å². The molecule has 0 unspecified atom stereocenters. The number of amides is 2. The predicted octanol–water partition coefficient (Wildman–Crippen LogP) is 6.30. The molecule has 1 aliphatic rings. The fourth-order valence-electron chi connectivity index (χ4n) is 5.31. The highest BCUT2D eigenvalue weighted by Gasteiger charge is 2.51. The zero-order valence-corrected chi connectivity index (χ0v) is 23.5. The van der Waals surface area contributed by atoms with Gasteiger partial charge in [0.2, 0.25) is 5.82 Å². The maximum Gasteiger partial charge on any atom is 0.255 e. The number of benzene rings is 3. The van der Waals surface area contributed by atoms with Crippen LogP contribution in [0.3, 0.4) is 0 Å². The number of rotatable bonds is 7. The van der Waals surface area contributed by atoms with Gasteiger partial charge in [0, 0.05) is 29.8 Å². The molecule has 1 saturated carbocycles. The molecule has 1 fully saturated rings. The van der Waals surface area contributed by atoms with E-state index in [9.17, 15) is 9.59 Å². The van der Waals surface area contributed by atoms with Gasteiger partial charge < -0.3 is 19.6 Å². The second kappa shape index (κ2) is 10.4. The number of nitrogens with zero attached hydrogens (tertiary/aromatic N) is 3. The molecule has 212 valence electrons. The second-order valence-electron chi connectivity index (χ2n) is 10.7. The van der Waals surface area contributed by atoms with E-state index in [0.29, 0.717) is 58.1 Å². The van der Waals surface area contributed by atoms with Crippen molar-refractivity contribution in [3.8, 4) is 34.0 Å². The van der Waals surface area contributed by atoms with Crippen molar-refractivity contribution in [1.82, 2.24) is 25.8 Å². The van der Waals surface area contributed by atoms with Crippen molar-refractivity contribution in [2.24, 2.45) is 0 Å². The molecule has 3 aromatic carbocycles. The maximum atomic E-state index is 13.5. The summed E-state index contributed by atoms with van der Waals surface area (Å²) in [4.78, 5) is 35.4. The van der Waals surface area contributed by atoms with Crippen molar-refractivity contribution < 1.29 is 18.5 Å². The van der Waals surface area contributed by atoms with E-state index in [0.717, 1.165) is 22.3 Å². The number of carbonyl (C=O) groups excluding carboxylic acids is 2. The summed E-state index contributed by atoms with van der Waals surface area (Å²) in [6.45, 7) is 1.99. The van der Waals surface area contributed by atoms with E-state index in [1.807, 2.05) is 85.8 Å². The summed E-state index contributed by atoms with van der Waals surface area (Å²) in [7, 11) is 1.60. The summed E-state index contributed by atoms with van der Waals surface area (Å²) < 4.78 is 11.7. The van der Waals surface area contributed by atoms with Crippen LogP contribution in [0.2, 0.25) is 0 Å². The lowest BCUT2D eigenvalue weighted by atomic mass is 9.95. The van der Waals surface area contributed by atoms with Crippen molar-refractivity contribution in [1.29, 1.82) is 0 Å². The Morgan fingerprint density at radius 1 is 0.884 bits per heavy atom. The second-order valence-corrected chi connectivity index (χ2v) is 10.7. The first-order valence-corrected chi connectivity index (χ1v) is 14.0. The lowest BCUT2D eigenvalue weighted by Crippen LogP contribution is -2.35. The highest BCUT2D eigenvalue weighted by atomic mass is 16.5. The van der Waals surface area contributed by atoms with Gasteiger partial charge in [-0.3, -0.25) is 14.6 Å². The number of furan rings is 1. The number of aromatic nitrogens is 3. The minimum absolute atomic E-state index is 0.235. The number of aryl methyl sites for hydroxylation is 1. The largest absolute Gasteiger partial charge is 0.455 e. The van der Waals surface area contributed by atoms with Crippen molar-refractivity contribution in [2.45, 2.75) is 25.3 Å². The summed E-state index contributed by atoms with van der Waals surface area (Å²) in [5, 5.41) is 10.6. The van der Waals surface area contributed by atoms with Crippen LogP contribution in [0.5, 0.6) is 0 Å². The zero-order valence-electron chi connectivity index (χ0n) is 23.5. The molecule has 7 rings (SSSR count). The van der Waals surface area contributed by atoms with E-state index in [2.05, 4.69) is 25.8 Å². The normalized spacial score (nSPS) is 13.5. The average Bonchev–Trinajstić information content (AvgIpc) is 3.46. The van der Waals surface area contributed by atoms with Crippen LogP contribution in [0, 0.1) is 6.92 Å². The van der Waals surface area contributed by atoms with E-state index in [-0.39, 0.29) is 11.8 Å². The molecule has 9 nitrogen and oxygen atoms in total. The molecule has 0 spiro atoms. The van der Waals surface area contributed by atoms with Crippen molar-refractivity contribution >= 4 is 22.8 Å². The zero-order chi connectivity index (χ0) is 29.6. The van der Waals surface area contributed by atoms with Gasteiger partial charge in [-0.1, -0.05) is 53.7 Å². The molecule has 0 atom stereocenters. The fraction of sp³-hybridized carbons (Fsp3) is 0.147. The number of hydrogen-bond donors (Lipinski definition) is 2. The SMILES string of the molecule is CNC(=O)c1c(-c2ccccc2)oc2ccc(-c3cc(C(=O)NC4(c5nc(-c6ccccn6)no5)CC4)ccc3C)cc12. The number of pyridine rings is 1. The van der Waals surface area contributed by atoms with Gasteiger partial charge >= 0.3 is 0 Å². The standard InChI is InChI=1S/C34H27N5O4/c1-20-11-12-23(31(40)38-34(15-16-34)33-37-30(39-43-33)26-10-6-7-17-36-26)19-24(20)22-13-14-27-25(18-22)28(32(41)35-2)29(42-27)21-8-4-3-5-9-21/h3-14,17-19H,15-16H2,1-2H3,(H,35,41)(H,38,40). The first-order chi connectivity index (χ1) is 21.0. The van der Waals surface area contributed by atoms with E-state index < -0.39 is 5.54 Å². The van der Waals surface area contributed by atoms with Crippen LogP contribution in [0.25, 0.3) is 44.9 Å². The lowest BCUT2D eigenvalue weighted by Gasteiger charge is -2.14. The summed E-state index contributed by atoms with van der Waals surface area (Å²) in [6, 6.07) is 26.4. The van der Waals surface area contributed by atoms with E-state index in [1.165, 1.54) is 0 Å². The minimum atomic E-state index is -0.700. The molecule has 0 aliphatic heterocycles. The topological polar surface area (TPSA) is 123 Å². The van der Waals surface area contributed by atoms with E-state index >= 15 is 0 Å². The molecule has 3 aromatic heterocycles. The Bertz CT molecular complexity index is 1990. The Morgan fingerprint density at radius 2 is 1.70 bits per heavy atom. The summed E-state index contributed by atoms with van der Waals surface area (Å²) in [5.41, 5.74) is 5.02. The van der Waals surface area contributed by atoms with Crippen LogP contribution in [-0.4, -0.2) is 34.0 Å².